The Hall–Kier alpha value is -2.53. The van der Waals surface area contributed by atoms with Crippen molar-refractivity contribution in [2.24, 2.45) is 0 Å². The summed E-state index contributed by atoms with van der Waals surface area (Å²) in [7, 11) is 0. The van der Waals surface area contributed by atoms with Crippen molar-refractivity contribution in [2.75, 3.05) is 25.0 Å². The van der Waals surface area contributed by atoms with E-state index in [1.54, 1.807) is 24.3 Å². The Morgan fingerprint density at radius 3 is 2.62 bits per heavy atom. The molecule has 0 saturated heterocycles. The minimum atomic E-state index is -0.244. The van der Waals surface area contributed by atoms with Crippen molar-refractivity contribution in [3.8, 4) is 5.75 Å². The summed E-state index contributed by atoms with van der Waals surface area (Å²) in [6.45, 7) is 4.21. The zero-order valence-corrected chi connectivity index (χ0v) is 15.8. The van der Waals surface area contributed by atoms with Gasteiger partial charge >= 0.3 is 0 Å². The third-order valence-electron chi connectivity index (χ3n) is 3.76. The topological polar surface area (TPSA) is 58.6 Å². The molecule has 0 aliphatic rings. The summed E-state index contributed by atoms with van der Waals surface area (Å²) in [5.41, 5.74) is 1.72. The molecule has 6 heteroatoms. The highest BCUT2D eigenvalue weighted by molar-refractivity contribution is 6.30. The van der Waals surface area contributed by atoms with Gasteiger partial charge in [0.15, 0.2) is 6.61 Å². The van der Waals surface area contributed by atoms with Crippen LogP contribution in [0.5, 0.6) is 5.75 Å². The number of aryl methyl sites for hydroxylation is 1. The molecule has 2 amide bonds. The summed E-state index contributed by atoms with van der Waals surface area (Å²) in [5.74, 6) is 0.0438. The quantitative estimate of drug-likeness (QED) is 0.762. The van der Waals surface area contributed by atoms with Crippen LogP contribution in [0.1, 0.15) is 18.9 Å². The molecule has 0 bridgehead atoms. The van der Waals surface area contributed by atoms with Gasteiger partial charge in [0, 0.05) is 17.3 Å². The van der Waals surface area contributed by atoms with Gasteiger partial charge in [-0.3, -0.25) is 9.59 Å². The van der Waals surface area contributed by atoms with Crippen LogP contribution >= 0.6 is 11.6 Å². The molecule has 2 aromatic rings. The molecule has 26 heavy (non-hydrogen) atoms. The zero-order valence-electron chi connectivity index (χ0n) is 15.0. The predicted molar refractivity (Wildman–Crippen MR) is 104 cm³/mol. The SMILES string of the molecule is CCCN(CC(=O)Nc1ccccc1C)C(=O)COc1cccc(Cl)c1. The number of ether oxygens (including phenoxy) is 1. The Bertz CT molecular complexity index is 764. The first kappa shape index (κ1) is 19.8. The van der Waals surface area contributed by atoms with Crippen LogP contribution in [0.2, 0.25) is 5.02 Å². The second-order valence-electron chi connectivity index (χ2n) is 5.92. The Balaban J connectivity index is 1.93. The number of nitrogens with zero attached hydrogens (tertiary/aromatic N) is 1. The van der Waals surface area contributed by atoms with E-state index in [2.05, 4.69) is 5.32 Å². The summed E-state index contributed by atoms with van der Waals surface area (Å²) in [4.78, 5) is 26.2. The van der Waals surface area contributed by atoms with Crippen molar-refractivity contribution in [3.05, 3.63) is 59.1 Å². The van der Waals surface area contributed by atoms with Gasteiger partial charge in [0.2, 0.25) is 5.91 Å². The fourth-order valence-corrected chi connectivity index (χ4v) is 2.61. The Labute approximate surface area is 158 Å². The van der Waals surface area contributed by atoms with Crippen LogP contribution in [0.25, 0.3) is 0 Å². The fourth-order valence-electron chi connectivity index (χ4n) is 2.43. The predicted octanol–water partition coefficient (Wildman–Crippen LogP) is 3.90. The average molecular weight is 375 g/mol. The molecule has 0 heterocycles. The summed E-state index contributed by atoms with van der Waals surface area (Å²) in [6.07, 6.45) is 0.751. The van der Waals surface area contributed by atoms with Crippen molar-refractivity contribution >= 4 is 29.1 Å². The molecule has 0 aliphatic heterocycles. The number of hydrogen-bond acceptors (Lipinski definition) is 3. The van der Waals surface area contributed by atoms with Crippen molar-refractivity contribution in [1.82, 2.24) is 4.90 Å². The van der Waals surface area contributed by atoms with E-state index in [1.165, 1.54) is 4.90 Å². The van der Waals surface area contributed by atoms with E-state index >= 15 is 0 Å². The monoisotopic (exact) mass is 374 g/mol. The van der Waals surface area contributed by atoms with Crippen LogP contribution in [-0.4, -0.2) is 36.4 Å². The van der Waals surface area contributed by atoms with Gasteiger partial charge in [-0.2, -0.15) is 0 Å². The van der Waals surface area contributed by atoms with E-state index < -0.39 is 0 Å². The largest absolute Gasteiger partial charge is 0.484 e. The maximum absolute atomic E-state index is 12.4. The molecular formula is C20H23ClN2O3. The molecule has 0 aromatic heterocycles. The summed E-state index contributed by atoms with van der Waals surface area (Å²) < 4.78 is 5.49. The number of amides is 2. The van der Waals surface area contributed by atoms with Crippen LogP contribution in [0.15, 0.2) is 48.5 Å². The highest BCUT2D eigenvalue weighted by Crippen LogP contribution is 2.17. The van der Waals surface area contributed by atoms with Gasteiger partial charge in [-0.05, 0) is 43.2 Å². The van der Waals surface area contributed by atoms with Gasteiger partial charge in [0.1, 0.15) is 5.75 Å². The molecule has 0 fully saturated rings. The third kappa shape index (κ3) is 6.08. The number of hydrogen-bond donors (Lipinski definition) is 1. The lowest BCUT2D eigenvalue weighted by molar-refractivity contribution is -0.136. The van der Waals surface area contributed by atoms with Crippen molar-refractivity contribution < 1.29 is 14.3 Å². The van der Waals surface area contributed by atoms with E-state index in [0.29, 0.717) is 17.3 Å². The summed E-state index contributed by atoms with van der Waals surface area (Å²) in [6, 6.07) is 14.4. The summed E-state index contributed by atoms with van der Waals surface area (Å²) in [5, 5.41) is 3.38. The van der Waals surface area contributed by atoms with Crippen molar-refractivity contribution in [3.63, 3.8) is 0 Å². The van der Waals surface area contributed by atoms with Gasteiger partial charge in [0.05, 0.1) is 6.54 Å². The Morgan fingerprint density at radius 2 is 1.92 bits per heavy atom. The van der Waals surface area contributed by atoms with E-state index in [-0.39, 0.29) is 25.0 Å². The lowest BCUT2D eigenvalue weighted by atomic mass is 10.2. The first-order chi connectivity index (χ1) is 12.5. The highest BCUT2D eigenvalue weighted by Gasteiger charge is 2.17. The van der Waals surface area contributed by atoms with Gasteiger partial charge in [-0.1, -0.05) is 42.8 Å². The van der Waals surface area contributed by atoms with E-state index in [9.17, 15) is 9.59 Å². The number of carbonyl (C=O) groups excluding carboxylic acids is 2. The van der Waals surface area contributed by atoms with Crippen LogP contribution < -0.4 is 10.1 Å². The van der Waals surface area contributed by atoms with Crippen molar-refractivity contribution in [1.29, 1.82) is 0 Å². The zero-order chi connectivity index (χ0) is 18.9. The number of nitrogens with one attached hydrogen (secondary N) is 1. The lowest BCUT2D eigenvalue weighted by Crippen LogP contribution is -2.41. The van der Waals surface area contributed by atoms with E-state index in [4.69, 9.17) is 16.3 Å². The van der Waals surface area contributed by atoms with E-state index in [0.717, 1.165) is 17.7 Å². The first-order valence-electron chi connectivity index (χ1n) is 8.51. The second kappa shape index (κ2) is 9.82. The summed E-state index contributed by atoms with van der Waals surface area (Å²) >= 11 is 5.90. The number of anilines is 1. The van der Waals surface area contributed by atoms with Gasteiger partial charge < -0.3 is 15.0 Å². The van der Waals surface area contributed by atoms with Gasteiger partial charge in [0.25, 0.3) is 5.91 Å². The molecule has 2 rings (SSSR count). The maximum Gasteiger partial charge on any atom is 0.260 e. The second-order valence-corrected chi connectivity index (χ2v) is 6.36. The van der Waals surface area contributed by atoms with Gasteiger partial charge in [-0.15, -0.1) is 0 Å². The fraction of sp³-hybridized carbons (Fsp3) is 0.300. The number of carbonyl (C=O) groups is 2. The van der Waals surface area contributed by atoms with Crippen LogP contribution in [0.3, 0.4) is 0 Å². The third-order valence-corrected chi connectivity index (χ3v) is 3.99. The molecule has 2 aromatic carbocycles. The van der Waals surface area contributed by atoms with Crippen molar-refractivity contribution in [2.45, 2.75) is 20.3 Å². The Morgan fingerprint density at radius 1 is 1.15 bits per heavy atom. The highest BCUT2D eigenvalue weighted by atomic mass is 35.5. The molecular weight excluding hydrogens is 352 g/mol. The molecule has 5 nitrogen and oxygen atoms in total. The number of rotatable bonds is 8. The van der Waals surface area contributed by atoms with Crippen LogP contribution in [-0.2, 0) is 9.59 Å². The molecule has 0 unspecified atom stereocenters. The number of benzene rings is 2. The molecule has 0 saturated carbocycles. The number of halogens is 1. The smallest absolute Gasteiger partial charge is 0.260 e. The molecule has 0 radical (unpaired) electrons. The molecule has 0 spiro atoms. The average Bonchev–Trinajstić information content (AvgIpc) is 2.61. The van der Waals surface area contributed by atoms with E-state index in [1.807, 2.05) is 38.1 Å². The van der Waals surface area contributed by atoms with Gasteiger partial charge in [-0.25, -0.2) is 0 Å². The molecule has 138 valence electrons. The Kier molecular flexibility index (Phi) is 7.48. The molecule has 1 N–H and O–H groups in total. The minimum Gasteiger partial charge on any atom is -0.484 e. The minimum absolute atomic E-state index is 0.0140. The normalized spacial score (nSPS) is 10.3. The van der Waals surface area contributed by atoms with Crippen LogP contribution in [0.4, 0.5) is 5.69 Å². The molecule has 0 atom stereocenters. The molecule has 0 aliphatic carbocycles. The van der Waals surface area contributed by atoms with Crippen LogP contribution in [0, 0.1) is 6.92 Å². The maximum atomic E-state index is 12.4. The lowest BCUT2D eigenvalue weighted by Gasteiger charge is -2.22. The standard InChI is InChI=1S/C20H23ClN2O3/c1-3-11-23(13-19(24)22-18-10-5-4-7-15(18)2)20(25)14-26-17-9-6-8-16(21)12-17/h4-10,12H,3,11,13-14H2,1-2H3,(H,22,24). The number of para-hydroxylation sites is 1. The first-order valence-corrected chi connectivity index (χ1v) is 8.89.